The molecule has 2 atom stereocenters. The van der Waals surface area contributed by atoms with E-state index in [4.69, 9.17) is 5.26 Å². The van der Waals surface area contributed by atoms with E-state index in [1.54, 1.807) is 37.3 Å². The number of benzene rings is 1. The number of aliphatic carboxylic acids is 1. The zero-order valence-electron chi connectivity index (χ0n) is 12.4. The molecule has 0 fully saturated rings. The Morgan fingerprint density at radius 1 is 1.41 bits per heavy atom. The molecule has 120 valence electrons. The Hall–Kier alpha value is -1.95. The van der Waals surface area contributed by atoms with Gasteiger partial charge in [-0.25, -0.2) is 0 Å². The molecule has 0 aliphatic rings. The highest BCUT2D eigenvalue weighted by molar-refractivity contribution is 7.87. The topological polar surface area (TPSA) is 111 Å². The molecule has 0 saturated heterocycles. The standard InChI is InChI=1S/C14H19N3O4S/c1-11(8-9-15)17(2)22(20,21)16-13(14(18)19)10-12-6-4-3-5-7-12/h3-7,11,13,16H,8,10H2,1-2H3,(H,18,19)/t11?,13-/m0/s1. The van der Waals surface area contributed by atoms with Crippen molar-refractivity contribution in [3.63, 3.8) is 0 Å². The normalized spacial score (nSPS) is 14.3. The van der Waals surface area contributed by atoms with Gasteiger partial charge in [-0.15, -0.1) is 0 Å². The van der Waals surface area contributed by atoms with Crippen molar-refractivity contribution in [2.75, 3.05) is 7.05 Å². The molecule has 7 nitrogen and oxygen atoms in total. The first-order chi connectivity index (χ1) is 10.3. The molecule has 0 amide bonds. The summed E-state index contributed by atoms with van der Waals surface area (Å²) in [6, 6.07) is 8.82. The quantitative estimate of drug-likeness (QED) is 0.733. The second kappa shape index (κ2) is 7.89. The van der Waals surface area contributed by atoms with Crippen molar-refractivity contribution in [2.45, 2.75) is 31.8 Å². The molecular formula is C14H19N3O4S. The number of nitriles is 1. The third-order valence-corrected chi connectivity index (χ3v) is 4.96. The number of carbonyl (C=O) groups is 1. The average Bonchev–Trinajstić information content (AvgIpc) is 2.46. The van der Waals surface area contributed by atoms with Crippen molar-refractivity contribution in [1.82, 2.24) is 9.03 Å². The predicted molar refractivity (Wildman–Crippen MR) is 81.1 cm³/mol. The zero-order valence-corrected chi connectivity index (χ0v) is 13.2. The van der Waals surface area contributed by atoms with Gasteiger partial charge in [0, 0.05) is 13.1 Å². The number of nitrogens with zero attached hydrogens (tertiary/aromatic N) is 2. The summed E-state index contributed by atoms with van der Waals surface area (Å²) in [5.41, 5.74) is 0.713. The third kappa shape index (κ3) is 5.11. The van der Waals surface area contributed by atoms with E-state index in [1.165, 1.54) is 7.05 Å². The zero-order chi connectivity index (χ0) is 16.8. The lowest BCUT2D eigenvalue weighted by molar-refractivity contribution is -0.138. The Morgan fingerprint density at radius 2 is 2.00 bits per heavy atom. The number of carboxylic acid groups (broad SMARTS) is 1. The van der Waals surface area contributed by atoms with Crippen LogP contribution in [-0.4, -0.2) is 42.9 Å². The molecule has 0 aliphatic heterocycles. The van der Waals surface area contributed by atoms with Crippen LogP contribution in [0.5, 0.6) is 0 Å². The Morgan fingerprint density at radius 3 is 2.50 bits per heavy atom. The molecule has 0 aromatic heterocycles. The molecule has 2 N–H and O–H groups in total. The van der Waals surface area contributed by atoms with E-state index >= 15 is 0 Å². The number of rotatable bonds is 8. The number of nitrogens with one attached hydrogen (secondary N) is 1. The predicted octanol–water partition coefficient (Wildman–Crippen LogP) is 0.751. The van der Waals surface area contributed by atoms with Crippen LogP contribution in [0.15, 0.2) is 30.3 Å². The van der Waals surface area contributed by atoms with Crippen LogP contribution >= 0.6 is 0 Å². The Labute approximate surface area is 130 Å². The largest absolute Gasteiger partial charge is 0.480 e. The monoisotopic (exact) mass is 325 g/mol. The Balaban J connectivity index is 2.86. The summed E-state index contributed by atoms with van der Waals surface area (Å²) in [5, 5.41) is 17.9. The SMILES string of the molecule is CC(CC#N)N(C)S(=O)(=O)N[C@@H](Cc1ccccc1)C(=O)O. The molecule has 1 aromatic rings. The molecule has 0 spiro atoms. The first-order valence-electron chi connectivity index (χ1n) is 6.67. The highest BCUT2D eigenvalue weighted by atomic mass is 32.2. The van der Waals surface area contributed by atoms with Gasteiger partial charge >= 0.3 is 5.97 Å². The van der Waals surface area contributed by atoms with Crippen LogP contribution < -0.4 is 4.72 Å². The summed E-state index contributed by atoms with van der Waals surface area (Å²) in [4.78, 5) is 11.3. The molecule has 0 bridgehead atoms. The summed E-state index contributed by atoms with van der Waals surface area (Å²) in [6.07, 6.45) is 0.0592. The highest BCUT2D eigenvalue weighted by Gasteiger charge is 2.29. The summed E-state index contributed by atoms with van der Waals surface area (Å²) in [7, 11) is -2.68. The molecule has 0 aliphatic carbocycles. The molecule has 0 radical (unpaired) electrons. The Kier molecular flexibility index (Phi) is 6.49. The van der Waals surface area contributed by atoms with Gasteiger partial charge in [0.05, 0.1) is 12.5 Å². The van der Waals surface area contributed by atoms with Gasteiger partial charge in [0.2, 0.25) is 0 Å². The van der Waals surface area contributed by atoms with E-state index in [1.807, 2.05) is 6.07 Å². The summed E-state index contributed by atoms with van der Waals surface area (Å²) in [5.74, 6) is -1.26. The van der Waals surface area contributed by atoms with Crippen molar-refractivity contribution >= 4 is 16.2 Å². The second-order valence-electron chi connectivity index (χ2n) is 4.93. The summed E-state index contributed by atoms with van der Waals surface area (Å²) in [6.45, 7) is 1.58. The van der Waals surface area contributed by atoms with Gasteiger partial charge in [-0.05, 0) is 18.9 Å². The molecule has 22 heavy (non-hydrogen) atoms. The Bertz CT molecular complexity index is 640. The molecule has 8 heteroatoms. The second-order valence-corrected chi connectivity index (χ2v) is 6.69. The van der Waals surface area contributed by atoms with Crippen LogP contribution in [0.2, 0.25) is 0 Å². The van der Waals surface area contributed by atoms with E-state index in [9.17, 15) is 18.3 Å². The molecule has 1 aromatic carbocycles. The third-order valence-electron chi connectivity index (χ3n) is 3.26. The van der Waals surface area contributed by atoms with Crippen molar-refractivity contribution in [1.29, 1.82) is 5.26 Å². The average molecular weight is 325 g/mol. The van der Waals surface area contributed by atoms with Crippen LogP contribution in [-0.2, 0) is 21.4 Å². The minimum absolute atomic E-state index is 0.0217. The van der Waals surface area contributed by atoms with Crippen molar-refractivity contribution in [3.05, 3.63) is 35.9 Å². The first kappa shape index (κ1) is 18.1. The van der Waals surface area contributed by atoms with E-state index in [-0.39, 0.29) is 12.8 Å². The lowest BCUT2D eigenvalue weighted by Crippen LogP contribution is -2.50. The van der Waals surface area contributed by atoms with Crippen LogP contribution in [0, 0.1) is 11.3 Å². The van der Waals surface area contributed by atoms with E-state index < -0.39 is 28.3 Å². The minimum atomic E-state index is -3.99. The van der Waals surface area contributed by atoms with E-state index in [2.05, 4.69) is 4.72 Å². The fourth-order valence-corrected chi connectivity index (χ4v) is 3.05. The molecule has 1 rings (SSSR count). The van der Waals surface area contributed by atoms with E-state index in [0.29, 0.717) is 5.56 Å². The summed E-state index contributed by atoms with van der Waals surface area (Å²) < 4.78 is 27.5. The van der Waals surface area contributed by atoms with Crippen molar-refractivity contribution < 1.29 is 18.3 Å². The maximum atomic E-state index is 12.2. The van der Waals surface area contributed by atoms with Crippen molar-refractivity contribution in [3.8, 4) is 6.07 Å². The highest BCUT2D eigenvalue weighted by Crippen LogP contribution is 2.09. The summed E-state index contributed by atoms with van der Waals surface area (Å²) >= 11 is 0. The molecular weight excluding hydrogens is 306 g/mol. The smallest absolute Gasteiger partial charge is 0.322 e. The van der Waals surface area contributed by atoms with Crippen LogP contribution in [0.25, 0.3) is 0 Å². The van der Waals surface area contributed by atoms with Crippen molar-refractivity contribution in [2.24, 2.45) is 0 Å². The lowest BCUT2D eigenvalue weighted by Gasteiger charge is -2.24. The van der Waals surface area contributed by atoms with E-state index in [0.717, 1.165) is 4.31 Å². The number of hydrogen-bond acceptors (Lipinski definition) is 4. The van der Waals surface area contributed by atoms with Crippen LogP contribution in [0.1, 0.15) is 18.9 Å². The lowest BCUT2D eigenvalue weighted by atomic mass is 10.1. The molecule has 0 saturated carbocycles. The van der Waals surface area contributed by atoms with Gasteiger partial charge in [-0.3, -0.25) is 4.79 Å². The van der Waals surface area contributed by atoms with Gasteiger partial charge in [0.15, 0.2) is 0 Å². The van der Waals surface area contributed by atoms with Gasteiger partial charge < -0.3 is 5.11 Å². The van der Waals surface area contributed by atoms with Gasteiger partial charge in [-0.1, -0.05) is 30.3 Å². The maximum Gasteiger partial charge on any atom is 0.322 e. The van der Waals surface area contributed by atoms with Gasteiger partial charge in [0.1, 0.15) is 6.04 Å². The van der Waals surface area contributed by atoms with Crippen LogP contribution in [0.4, 0.5) is 0 Å². The molecule has 1 unspecified atom stereocenters. The van der Waals surface area contributed by atoms with Gasteiger partial charge in [0.25, 0.3) is 10.2 Å². The van der Waals surface area contributed by atoms with Gasteiger partial charge in [-0.2, -0.15) is 22.7 Å². The fourth-order valence-electron chi connectivity index (χ4n) is 1.79. The fraction of sp³-hybridized carbons (Fsp3) is 0.429. The number of carboxylic acids is 1. The minimum Gasteiger partial charge on any atom is -0.480 e. The first-order valence-corrected chi connectivity index (χ1v) is 8.11. The number of hydrogen-bond donors (Lipinski definition) is 2. The van der Waals surface area contributed by atoms with Crippen LogP contribution in [0.3, 0.4) is 0 Å². The maximum absolute atomic E-state index is 12.2. The molecule has 0 heterocycles.